The third kappa shape index (κ3) is 0.635. The first kappa shape index (κ1) is 5.53. The van der Waals surface area contributed by atoms with Crippen LogP contribution in [0.1, 0.15) is 6.42 Å². The van der Waals surface area contributed by atoms with Crippen LogP contribution in [0.25, 0.3) is 0 Å². The monoisotopic (exact) mass is 135 g/mol. The number of hydrogen-bond acceptors (Lipinski definition) is 3. The fraction of sp³-hybridized carbons (Fsp3) is 0.286. The highest BCUT2D eigenvalue weighted by molar-refractivity contribution is 5.99. The molecule has 1 aliphatic carbocycles. The van der Waals surface area contributed by atoms with E-state index < -0.39 is 0 Å². The van der Waals surface area contributed by atoms with E-state index in [2.05, 4.69) is 22.7 Å². The second-order valence-corrected chi connectivity index (χ2v) is 2.44. The maximum atomic E-state index is 5.61. The van der Waals surface area contributed by atoms with E-state index in [1.807, 2.05) is 0 Å². The van der Waals surface area contributed by atoms with Crippen LogP contribution in [0.2, 0.25) is 0 Å². The van der Waals surface area contributed by atoms with E-state index in [0.29, 0.717) is 5.84 Å². The lowest BCUT2D eigenvalue weighted by atomic mass is 10.1. The third-order valence-electron chi connectivity index (χ3n) is 1.81. The van der Waals surface area contributed by atoms with Crippen molar-refractivity contribution in [3.8, 4) is 0 Å². The summed E-state index contributed by atoms with van der Waals surface area (Å²) in [5.74, 6) is 0.645. The zero-order valence-electron chi connectivity index (χ0n) is 5.59. The third-order valence-corrected chi connectivity index (χ3v) is 1.81. The largest absolute Gasteiger partial charge is 0.382 e. The van der Waals surface area contributed by atoms with Gasteiger partial charge in [0, 0.05) is 5.57 Å². The molecule has 1 aliphatic heterocycles. The number of nitrogens with one attached hydrogen (secondary N) is 1. The van der Waals surface area contributed by atoms with Crippen LogP contribution in [0.3, 0.4) is 0 Å². The highest BCUT2D eigenvalue weighted by Gasteiger charge is 2.15. The lowest BCUT2D eigenvalue weighted by molar-refractivity contribution is 0.789. The van der Waals surface area contributed by atoms with Crippen molar-refractivity contribution < 1.29 is 0 Å². The summed E-state index contributed by atoms with van der Waals surface area (Å²) in [4.78, 5) is 0. The molecule has 0 saturated carbocycles. The molecule has 52 valence electrons. The minimum absolute atomic E-state index is 0.645. The van der Waals surface area contributed by atoms with Crippen LogP contribution in [0.15, 0.2) is 28.4 Å². The van der Waals surface area contributed by atoms with Crippen LogP contribution < -0.4 is 11.2 Å². The van der Waals surface area contributed by atoms with Crippen molar-refractivity contribution in [2.75, 3.05) is 6.54 Å². The molecule has 2 aliphatic rings. The van der Waals surface area contributed by atoms with Gasteiger partial charge in [0.05, 0.1) is 6.54 Å². The predicted octanol–water partition coefficient (Wildman–Crippen LogP) is 0.118. The van der Waals surface area contributed by atoms with Gasteiger partial charge in [0.25, 0.3) is 0 Å². The maximum Gasteiger partial charge on any atom is 0.147 e. The quantitative estimate of drug-likeness (QED) is 0.495. The molecular formula is C7H9N3. The maximum absolute atomic E-state index is 5.61. The highest BCUT2D eigenvalue weighted by atomic mass is 15.3. The van der Waals surface area contributed by atoms with E-state index in [1.54, 1.807) is 0 Å². The summed E-state index contributed by atoms with van der Waals surface area (Å²) in [7, 11) is 0. The Hall–Kier alpha value is -1.25. The van der Waals surface area contributed by atoms with Gasteiger partial charge in [0.2, 0.25) is 0 Å². The second kappa shape index (κ2) is 1.87. The van der Waals surface area contributed by atoms with E-state index in [-0.39, 0.29) is 0 Å². The van der Waals surface area contributed by atoms with Crippen molar-refractivity contribution in [3.05, 3.63) is 23.3 Å². The van der Waals surface area contributed by atoms with Gasteiger partial charge in [-0.2, -0.15) is 5.10 Å². The van der Waals surface area contributed by atoms with Gasteiger partial charge in [-0.25, -0.2) is 0 Å². The van der Waals surface area contributed by atoms with Gasteiger partial charge in [-0.3, -0.25) is 0 Å². The van der Waals surface area contributed by atoms with Gasteiger partial charge in [0.15, 0.2) is 0 Å². The molecule has 3 nitrogen and oxygen atoms in total. The summed E-state index contributed by atoms with van der Waals surface area (Å²) in [5, 5.41) is 3.92. The first-order valence-corrected chi connectivity index (χ1v) is 3.33. The molecule has 0 aromatic carbocycles. The van der Waals surface area contributed by atoms with E-state index in [9.17, 15) is 0 Å². The van der Waals surface area contributed by atoms with Gasteiger partial charge < -0.3 is 11.2 Å². The van der Waals surface area contributed by atoms with Gasteiger partial charge in [-0.05, 0) is 12.0 Å². The zero-order chi connectivity index (χ0) is 6.97. The number of nitrogens with zero attached hydrogens (tertiary/aromatic N) is 1. The molecule has 0 unspecified atom stereocenters. The van der Waals surface area contributed by atoms with Crippen molar-refractivity contribution in [1.82, 2.24) is 5.43 Å². The molecule has 0 fully saturated rings. The molecule has 0 atom stereocenters. The van der Waals surface area contributed by atoms with E-state index in [0.717, 1.165) is 13.0 Å². The summed E-state index contributed by atoms with van der Waals surface area (Å²) in [6.07, 6.45) is 5.16. The predicted molar refractivity (Wildman–Crippen MR) is 40.4 cm³/mol. The van der Waals surface area contributed by atoms with Crippen LogP contribution in [0.4, 0.5) is 0 Å². The van der Waals surface area contributed by atoms with Crippen molar-refractivity contribution in [2.45, 2.75) is 6.42 Å². The molecule has 1 heterocycles. The van der Waals surface area contributed by atoms with Crippen LogP contribution >= 0.6 is 0 Å². The Morgan fingerprint density at radius 2 is 2.50 bits per heavy atom. The van der Waals surface area contributed by atoms with Gasteiger partial charge in [-0.1, -0.05) is 12.2 Å². The first-order valence-electron chi connectivity index (χ1n) is 3.33. The zero-order valence-corrected chi connectivity index (χ0v) is 5.59. The van der Waals surface area contributed by atoms with Crippen LogP contribution in [-0.2, 0) is 0 Å². The molecule has 0 aromatic rings. The number of nitrogens with two attached hydrogens (primary N) is 1. The van der Waals surface area contributed by atoms with Crippen LogP contribution in [0.5, 0.6) is 0 Å². The Labute approximate surface area is 59.3 Å². The number of amidine groups is 1. The van der Waals surface area contributed by atoms with E-state index in [4.69, 9.17) is 5.73 Å². The summed E-state index contributed by atoms with van der Waals surface area (Å²) >= 11 is 0. The summed E-state index contributed by atoms with van der Waals surface area (Å²) in [6.45, 7) is 0.826. The molecule has 0 aromatic heterocycles. The van der Waals surface area contributed by atoms with E-state index in [1.165, 1.54) is 11.1 Å². The Morgan fingerprint density at radius 3 is 3.30 bits per heavy atom. The van der Waals surface area contributed by atoms with Crippen molar-refractivity contribution in [2.24, 2.45) is 10.8 Å². The molecular weight excluding hydrogens is 126 g/mol. The van der Waals surface area contributed by atoms with Gasteiger partial charge >= 0.3 is 0 Å². The average Bonchev–Trinajstić information content (AvgIpc) is 2.36. The smallest absolute Gasteiger partial charge is 0.147 e. The second-order valence-electron chi connectivity index (χ2n) is 2.44. The fourth-order valence-corrected chi connectivity index (χ4v) is 1.26. The minimum Gasteiger partial charge on any atom is -0.382 e. The first-order chi connectivity index (χ1) is 4.88. The summed E-state index contributed by atoms with van der Waals surface area (Å²) in [6, 6.07) is 0. The van der Waals surface area contributed by atoms with Crippen molar-refractivity contribution >= 4 is 5.84 Å². The van der Waals surface area contributed by atoms with Crippen molar-refractivity contribution in [3.63, 3.8) is 0 Å². The number of allylic oxidation sites excluding steroid dienone is 1. The number of hydrazone groups is 1. The number of rotatable bonds is 0. The van der Waals surface area contributed by atoms with Crippen molar-refractivity contribution in [1.29, 1.82) is 0 Å². The molecule has 3 heteroatoms. The molecule has 2 rings (SSSR count). The molecule has 0 amide bonds. The van der Waals surface area contributed by atoms with Gasteiger partial charge in [-0.15, -0.1) is 0 Å². The molecule has 0 radical (unpaired) electrons. The SMILES string of the molecule is NC1=NNCC2=C1CC=C2. The Morgan fingerprint density at radius 1 is 1.60 bits per heavy atom. The molecule has 3 N–H and O–H groups in total. The summed E-state index contributed by atoms with van der Waals surface area (Å²) < 4.78 is 0. The normalized spacial score (nSPS) is 22.2. The topological polar surface area (TPSA) is 50.4 Å². The van der Waals surface area contributed by atoms with Crippen LogP contribution in [-0.4, -0.2) is 12.4 Å². The Balaban J connectivity index is 2.39. The van der Waals surface area contributed by atoms with Crippen LogP contribution in [0, 0.1) is 0 Å². The summed E-state index contributed by atoms with van der Waals surface area (Å²) in [5.41, 5.74) is 10.9. The van der Waals surface area contributed by atoms with Gasteiger partial charge in [0.1, 0.15) is 5.84 Å². The average molecular weight is 135 g/mol. The molecule has 0 spiro atoms. The Kier molecular flexibility index (Phi) is 1.03. The lowest BCUT2D eigenvalue weighted by Gasteiger charge is -2.12. The Bertz CT molecular complexity index is 248. The highest BCUT2D eigenvalue weighted by Crippen LogP contribution is 2.19. The standard InChI is InChI=1S/C7H9N3/c8-7-6-3-1-2-5(6)4-9-10-7/h1-2,9H,3-4H2,(H2,8,10). The molecule has 0 bridgehead atoms. The molecule has 10 heavy (non-hydrogen) atoms. The van der Waals surface area contributed by atoms with E-state index >= 15 is 0 Å². The lowest BCUT2D eigenvalue weighted by Crippen LogP contribution is -2.26. The molecule has 0 saturated heterocycles. The minimum atomic E-state index is 0.645. The fourth-order valence-electron chi connectivity index (χ4n) is 1.26. The number of hydrogen-bond donors (Lipinski definition) is 2.